The molecule has 0 amide bonds. The van der Waals surface area contributed by atoms with Crippen LogP contribution in [0.4, 0.5) is 11.4 Å². The third-order valence-electron chi connectivity index (χ3n) is 4.42. The fraction of sp³-hybridized carbons (Fsp3) is 0. The molecule has 0 bridgehead atoms. The smallest absolute Gasteiger partial charge is 0.298 e. The Morgan fingerprint density at radius 3 is 2.10 bits per heavy atom. The van der Waals surface area contributed by atoms with E-state index in [-0.39, 0.29) is 39.6 Å². The highest BCUT2D eigenvalue weighted by Crippen LogP contribution is 2.34. The first kappa shape index (κ1) is 18.7. The van der Waals surface area contributed by atoms with E-state index >= 15 is 0 Å². The van der Waals surface area contributed by atoms with Crippen LogP contribution in [0.3, 0.4) is 0 Å². The fourth-order valence-corrected chi connectivity index (χ4v) is 3.70. The van der Waals surface area contributed by atoms with Crippen molar-refractivity contribution < 1.29 is 27.7 Å². The third-order valence-corrected chi connectivity index (χ3v) is 5.31. The van der Waals surface area contributed by atoms with Gasteiger partial charge in [-0.15, -0.1) is 5.11 Å². The van der Waals surface area contributed by atoms with E-state index in [1.54, 1.807) is 30.3 Å². The van der Waals surface area contributed by atoms with Crippen molar-refractivity contribution in [1.82, 2.24) is 0 Å². The van der Waals surface area contributed by atoms with Gasteiger partial charge in [-0.2, -0.15) is 13.5 Å². The van der Waals surface area contributed by atoms with E-state index in [1.807, 2.05) is 0 Å². The summed E-state index contributed by atoms with van der Waals surface area (Å²) in [6.45, 7) is 0. The Kier molecular flexibility index (Phi) is 4.33. The quantitative estimate of drug-likeness (QED) is 0.391. The topological polar surface area (TPSA) is 133 Å². The van der Waals surface area contributed by atoms with Crippen LogP contribution in [0.15, 0.2) is 75.8 Å². The van der Waals surface area contributed by atoms with Gasteiger partial charge in [0, 0.05) is 16.7 Å². The molecule has 144 valence electrons. The van der Waals surface area contributed by atoms with Gasteiger partial charge in [-0.05, 0) is 24.3 Å². The molecule has 29 heavy (non-hydrogen) atoms. The Bertz CT molecular complexity index is 1330. The van der Waals surface area contributed by atoms with Gasteiger partial charge in [-0.25, -0.2) is 0 Å². The van der Waals surface area contributed by atoms with Gasteiger partial charge in [0.05, 0.1) is 16.9 Å². The number of ketones is 2. The molecule has 0 spiro atoms. The number of azo groups is 1. The molecule has 0 saturated carbocycles. The fourth-order valence-electron chi connectivity index (χ4n) is 3.09. The molecule has 0 aliphatic heterocycles. The van der Waals surface area contributed by atoms with Crippen molar-refractivity contribution in [3.63, 3.8) is 0 Å². The summed E-state index contributed by atoms with van der Waals surface area (Å²) in [4.78, 5) is 24.9. The zero-order valence-corrected chi connectivity index (χ0v) is 15.4. The molecule has 3 aromatic rings. The van der Waals surface area contributed by atoms with Crippen LogP contribution < -0.4 is 0 Å². The largest absolute Gasteiger partial charge is 0.506 e. The maximum Gasteiger partial charge on any atom is 0.298 e. The van der Waals surface area contributed by atoms with Gasteiger partial charge >= 0.3 is 0 Å². The van der Waals surface area contributed by atoms with E-state index in [0.717, 1.165) is 12.1 Å². The van der Waals surface area contributed by atoms with Crippen LogP contribution in [0, 0.1) is 0 Å². The molecule has 1 aliphatic rings. The van der Waals surface area contributed by atoms with Crippen LogP contribution in [0.5, 0.6) is 5.75 Å². The molecule has 0 atom stereocenters. The van der Waals surface area contributed by atoms with Crippen LogP contribution in [-0.4, -0.2) is 29.6 Å². The second-order valence-corrected chi connectivity index (χ2v) is 7.62. The van der Waals surface area contributed by atoms with Gasteiger partial charge in [0.2, 0.25) is 0 Å². The van der Waals surface area contributed by atoms with Crippen LogP contribution >= 0.6 is 0 Å². The third kappa shape index (κ3) is 3.22. The standard InChI is InChI=1S/C20H12N2O6S/c23-16-9-8-11(10-17(16)29(26,27)28)21-22-15-7-3-6-14-18(15)20(25)13-5-2-1-4-12(13)19(14)24/h1-10,23H,(H,26,27,28). The number of rotatable bonds is 3. The number of nitrogens with zero attached hydrogens (tertiary/aromatic N) is 2. The van der Waals surface area contributed by atoms with Crippen LogP contribution in [0.2, 0.25) is 0 Å². The van der Waals surface area contributed by atoms with Gasteiger partial charge < -0.3 is 5.11 Å². The number of carbonyl (C=O) groups is 2. The molecule has 0 heterocycles. The van der Waals surface area contributed by atoms with E-state index in [4.69, 9.17) is 4.55 Å². The first-order valence-corrected chi connectivity index (χ1v) is 9.75. The maximum atomic E-state index is 12.9. The molecule has 4 rings (SSSR count). The van der Waals surface area contributed by atoms with Gasteiger partial charge in [0.15, 0.2) is 11.6 Å². The summed E-state index contributed by atoms with van der Waals surface area (Å²) < 4.78 is 31.8. The molecular formula is C20H12N2O6S. The highest BCUT2D eigenvalue weighted by molar-refractivity contribution is 7.86. The minimum atomic E-state index is -4.65. The molecule has 3 aromatic carbocycles. The SMILES string of the molecule is O=C1c2ccccc2C(=O)c2c(N=Nc3ccc(O)c(S(=O)(=O)O)c3)cccc21. The summed E-state index contributed by atoms with van der Waals surface area (Å²) in [5.74, 6) is -1.31. The first-order chi connectivity index (χ1) is 13.8. The average molecular weight is 408 g/mol. The number of hydrogen-bond donors (Lipinski definition) is 2. The lowest BCUT2D eigenvalue weighted by Crippen LogP contribution is -2.20. The highest BCUT2D eigenvalue weighted by atomic mass is 32.2. The molecule has 1 aliphatic carbocycles. The maximum absolute atomic E-state index is 12.9. The van der Waals surface area contributed by atoms with Gasteiger partial charge in [0.1, 0.15) is 10.6 Å². The molecule has 0 radical (unpaired) electrons. The number of hydrogen-bond acceptors (Lipinski definition) is 7. The molecule has 2 N–H and O–H groups in total. The molecular weight excluding hydrogens is 396 g/mol. The van der Waals surface area contributed by atoms with E-state index in [0.29, 0.717) is 5.56 Å². The van der Waals surface area contributed by atoms with Crippen molar-refractivity contribution in [1.29, 1.82) is 0 Å². The Balaban J connectivity index is 1.80. The minimum Gasteiger partial charge on any atom is -0.506 e. The van der Waals surface area contributed by atoms with Gasteiger partial charge in [0.25, 0.3) is 10.1 Å². The molecule has 0 aromatic heterocycles. The Hall–Kier alpha value is -3.69. The first-order valence-electron chi connectivity index (χ1n) is 8.31. The number of phenols is 1. The van der Waals surface area contributed by atoms with Gasteiger partial charge in [-0.3, -0.25) is 14.1 Å². The van der Waals surface area contributed by atoms with E-state index in [2.05, 4.69) is 10.2 Å². The molecule has 9 heteroatoms. The van der Waals surface area contributed by atoms with E-state index in [9.17, 15) is 23.1 Å². The van der Waals surface area contributed by atoms with E-state index < -0.39 is 20.8 Å². The summed E-state index contributed by atoms with van der Waals surface area (Å²) in [5, 5.41) is 17.5. The summed E-state index contributed by atoms with van der Waals surface area (Å²) in [6.07, 6.45) is 0. The monoisotopic (exact) mass is 408 g/mol. The number of phenolic OH excluding ortho intramolecular Hbond substituents is 1. The number of fused-ring (bicyclic) bond motifs is 2. The minimum absolute atomic E-state index is 0.0167. The van der Waals surface area contributed by atoms with Crippen molar-refractivity contribution in [3.8, 4) is 5.75 Å². The number of benzene rings is 3. The molecule has 0 saturated heterocycles. The lowest BCUT2D eigenvalue weighted by atomic mass is 9.83. The van der Waals surface area contributed by atoms with Crippen LogP contribution in [0.25, 0.3) is 0 Å². The van der Waals surface area contributed by atoms with E-state index in [1.165, 1.54) is 18.2 Å². The molecule has 0 fully saturated rings. The van der Waals surface area contributed by atoms with Crippen molar-refractivity contribution in [3.05, 3.63) is 82.9 Å². The second kappa shape index (κ2) is 6.73. The summed E-state index contributed by atoms with van der Waals surface area (Å²) in [5.41, 5.74) is 1.05. The molecule has 0 unspecified atom stereocenters. The summed E-state index contributed by atoms with van der Waals surface area (Å²) >= 11 is 0. The summed E-state index contributed by atoms with van der Waals surface area (Å²) in [7, 11) is -4.65. The van der Waals surface area contributed by atoms with Crippen LogP contribution in [-0.2, 0) is 10.1 Å². The molecule has 8 nitrogen and oxygen atoms in total. The number of carbonyl (C=O) groups excluding carboxylic acids is 2. The lowest BCUT2D eigenvalue weighted by Gasteiger charge is -2.18. The zero-order chi connectivity index (χ0) is 20.8. The van der Waals surface area contributed by atoms with Crippen molar-refractivity contribution >= 4 is 33.1 Å². The Morgan fingerprint density at radius 2 is 1.41 bits per heavy atom. The van der Waals surface area contributed by atoms with Crippen molar-refractivity contribution in [2.75, 3.05) is 0 Å². The highest BCUT2D eigenvalue weighted by Gasteiger charge is 2.31. The summed E-state index contributed by atoms with van der Waals surface area (Å²) in [6, 6.07) is 14.3. The lowest BCUT2D eigenvalue weighted by molar-refractivity contribution is 0.0979. The Labute approximate surface area is 164 Å². The predicted octanol–water partition coefficient (Wildman–Crippen LogP) is 3.83. The second-order valence-electron chi connectivity index (χ2n) is 6.23. The Morgan fingerprint density at radius 1 is 0.759 bits per heavy atom. The zero-order valence-electron chi connectivity index (χ0n) is 14.6. The predicted molar refractivity (Wildman–Crippen MR) is 102 cm³/mol. The number of aromatic hydroxyl groups is 1. The van der Waals surface area contributed by atoms with Crippen molar-refractivity contribution in [2.45, 2.75) is 4.90 Å². The van der Waals surface area contributed by atoms with Gasteiger partial charge in [-0.1, -0.05) is 36.4 Å². The van der Waals surface area contributed by atoms with Crippen molar-refractivity contribution in [2.24, 2.45) is 10.2 Å². The normalized spacial score (nSPS) is 13.4. The average Bonchev–Trinajstić information content (AvgIpc) is 2.70. The van der Waals surface area contributed by atoms with Crippen LogP contribution in [0.1, 0.15) is 31.8 Å².